The highest BCUT2D eigenvalue weighted by molar-refractivity contribution is 7.22. The monoisotopic (exact) mass is 502 g/mol. The second-order valence-electron chi connectivity index (χ2n) is 6.73. The average Bonchev–Trinajstić information content (AvgIpc) is 3.35. The zero-order chi connectivity index (χ0) is 26.5. The summed E-state index contributed by atoms with van der Waals surface area (Å²) in [6, 6.07) is 18.8. The lowest BCUT2D eigenvalue weighted by Gasteiger charge is -2.05. The number of nitrogens with one attached hydrogen (secondary N) is 1. The summed E-state index contributed by atoms with van der Waals surface area (Å²) >= 11 is 1.34. The standard InChI is InChI=1S/C25H18N2O4S.2C2H6/c1-3-14-31-20-12-13-21-22(15-20)32-25(26-21)27-24(29)18-6-4-16(5-7-18)23(28)17-8-10-19(30-2)11-9-17;2*1-2/h1,4-13,15H,14H2,2H3,(H,26,27,29);2*1-2H3. The molecule has 0 aliphatic carbocycles. The number of carbonyl (C=O) groups is 2. The molecule has 0 fully saturated rings. The molecule has 0 unspecified atom stereocenters. The van der Waals surface area contributed by atoms with Crippen molar-refractivity contribution < 1.29 is 19.1 Å². The van der Waals surface area contributed by atoms with E-state index in [-0.39, 0.29) is 18.3 Å². The van der Waals surface area contributed by atoms with Gasteiger partial charge in [-0.25, -0.2) is 4.98 Å². The third-order valence-electron chi connectivity index (χ3n) is 4.66. The molecular formula is C29H30N2O4S. The van der Waals surface area contributed by atoms with E-state index in [0.29, 0.717) is 33.3 Å². The highest BCUT2D eigenvalue weighted by Crippen LogP contribution is 2.29. The fourth-order valence-corrected chi connectivity index (χ4v) is 3.91. The van der Waals surface area contributed by atoms with Crippen LogP contribution in [-0.2, 0) is 0 Å². The van der Waals surface area contributed by atoms with E-state index in [4.69, 9.17) is 15.9 Å². The first-order chi connectivity index (χ1) is 17.6. The Morgan fingerprint density at radius 1 is 0.889 bits per heavy atom. The van der Waals surface area contributed by atoms with E-state index >= 15 is 0 Å². The number of fused-ring (bicyclic) bond motifs is 1. The topological polar surface area (TPSA) is 77.5 Å². The fourth-order valence-electron chi connectivity index (χ4n) is 3.02. The highest BCUT2D eigenvalue weighted by Gasteiger charge is 2.13. The Bertz CT molecular complexity index is 1320. The number of hydrogen-bond donors (Lipinski definition) is 1. The number of rotatable bonds is 7. The molecule has 4 rings (SSSR count). The summed E-state index contributed by atoms with van der Waals surface area (Å²) in [5, 5.41) is 3.27. The number of anilines is 1. The van der Waals surface area contributed by atoms with Gasteiger partial charge in [-0.05, 0) is 54.6 Å². The van der Waals surface area contributed by atoms with Crippen molar-refractivity contribution in [2.75, 3.05) is 19.0 Å². The van der Waals surface area contributed by atoms with Gasteiger partial charge in [0.05, 0.1) is 17.3 Å². The van der Waals surface area contributed by atoms with Crippen LogP contribution in [0.3, 0.4) is 0 Å². The molecule has 6 nitrogen and oxygen atoms in total. The molecule has 0 atom stereocenters. The van der Waals surface area contributed by atoms with Crippen molar-refractivity contribution >= 4 is 38.4 Å². The maximum atomic E-state index is 12.6. The van der Waals surface area contributed by atoms with Gasteiger partial charge in [0.15, 0.2) is 10.9 Å². The molecular weight excluding hydrogens is 472 g/mol. The minimum Gasteiger partial charge on any atom is -0.497 e. The van der Waals surface area contributed by atoms with Crippen LogP contribution in [-0.4, -0.2) is 30.4 Å². The van der Waals surface area contributed by atoms with Crippen LogP contribution < -0.4 is 14.8 Å². The number of amides is 1. The largest absolute Gasteiger partial charge is 0.497 e. The summed E-state index contributed by atoms with van der Waals surface area (Å²) in [6.45, 7) is 8.19. The number of terminal acetylenes is 1. The number of benzene rings is 3. The summed E-state index contributed by atoms with van der Waals surface area (Å²) in [5.74, 6) is 3.31. The van der Waals surface area contributed by atoms with E-state index in [2.05, 4.69) is 16.2 Å². The molecule has 0 aliphatic rings. The van der Waals surface area contributed by atoms with Crippen molar-refractivity contribution in [1.82, 2.24) is 4.98 Å². The van der Waals surface area contributed by atoms with E-state index in [1.54, 1.807) is 61.7 Å². The van der Waals surface area contributed by atoms with Crippen molar-refractivity contribution in [3.8, 4) is 23.8 Å². The smallest absolute Gasteiger partial charge is 0.257 e. The van der Waals surface area contributed by atoms with E-state index < -0.39 is 0 Å². The van der Waals surface area contributed by atoms with Gasteiger partial charge in [0, 0.05) is 16.7 Å². The van der Waals surface area contributed by atoms with Gasteiger partial charge in [-0.3, -0.25) is 14.9 Å². The second-order valence-corrected chi connectivity index (χ2v) is 7.76. The summed E-state index contributed by atoms with van der Waals surface area (Å²) in [5.41, 5.74) is 2.21. The van der Waals surface area contributed by atoms with E-state index in [0.717, 1.165) is 10.2 Å². The van der Waals surface area contributed by atoms with Crippen LogP contribution in [0.25, 0.3) is 10.2 Å². The molecule has 1 amide bonds. The molecule has 7 heteroatoms. The van der Waals surface area contributed by atoms with Crippen molar-refractivity contribution in [1.29, 1.82) is 0 Å². The molecule has 0 aliphatic heterocycles. The Labute approximate surface area is 216 Å². The van der Waals surface area contributed by atoms with Gasteiger partial charge in [-0.2, -0.15) is 0 Å². The predicted octanol–water partition coefficient (Wildman–Crippen LogP) is 6.85. The SMILES string of the molecule is C#CCOc1ccc2nc(NC(=O)c3ccc(C(=O)c4ccc(OC)cc4)cc3)sc2c1.CC.CC. The molecule has 36 heavy (non-hydrogen) atoms. The Kier molecular flexibility index (Phi) is 11.2. The van der Waals surface area contributed by atoms with E-state index in [1.165, 1.54) is 11.3 Å². The first-order valence-electron chi connectivity index (χ1n) is 11.6. The second kappa shape index (κ2) is 14.3. The van der Waals surface area contributed by atoms with Crippen LogP contribution in [0.2, 0.25) is 0 Å². The molecule has 1 heterocycles. The molecule has 0 radical (unpaired) electrons. The summed E-state index contributed by atoms with van der Waals surface area (Å²) < 4.78 is 11.4. The zero-order valence-corrected chi connectivity index (χ0v) is 21.9. The van der Waals surface area contributed by atoms with Crippen LogP contribution in [0.15, 0.2) is 66.7 Å². The molecule has 3 aromatic carbocycles. The first kappa shape index (κ1) is 28.1. The Morgan fingerprint density at radius 2 is 1.44 bits per heavy atom. The molecule has 1 aromatic heterocycles. The third-order valence-corrected chi connectivity index (χ3v) is 5.60. The maximum Gasteiger partial charge on any atom is 0.257 e. The molecule has 186 valence electrons. The Hall–Kier alpha value is -4.15. The fraction of sp³-hybridized carbons (Fsp3) is 0.207. The van der Waals surface area contributed by atoms with Crippen molar-refractivity contribution in [3.63, 3.8) is 0 Å². The summed E-state index contributed by atoms with van der Waals surface area (Å²) in [6.07, 6.45) is 5.21. The highest BCUT2D eigenvalue weighted by atomic mass is 32.1. The number of methoxy groups -OCH3 is 1. The number of hydrogen-bond acceptors (Lipinski definition) is 6. The number of nitrogens with zero attached hydrogens (tertiary/aromatic N) is 1. The lowest BCUT2D eigenvalue weighted by atomic mass is 10.0. The number of ether oxygens (including phenoxy) is 2. The van der Waals surface area contributed by atoms with Gasteiger partial charge in [0.25, 0.3) is 5.91 Å². The lowest BCUT2D eigenvalue weighted by molar-refractivity contribution is 0.102. The van der Waals surface area contributed by atoms with Gasteiger partial charge in [-0.1, -0.05) is 57.1 Å². The minimum atomic E-state index is -0.309. The van der Waals surface area contributed by atoms with Gasteiger partial charge >= 0.3 is 0 Å². The summed E-state index contributed by atoms with van der Waals surface area (Å²) in [4.78, 5) is 29.7. The molecule has 0 spiro atoms. The average molecular weight is 503 g/mol. The normalized spacial score (nSPS) is 9.56. The molecule has 0 bridgehead atoms. The van der Waals surface area contributed by atoms with Crippen molar-refractivity contribution in [2.24, 2.45) is 0 Å². The van der Waals surface area contributed by atoms with Crippen LogP contribution in [0.5, 0.6) is 11.5 Å². The van der Waals surface area contributed by atoms with E-state index in [1.807, 2.05) is 39.8 Å². The van der Waals surface area contributed by atoms with Gasteiger partial charge in [0.2, 0.25) is 0 Å². The van der Waals surface area contributed by atoms with Gasteiger partial charge in [-0.15, -0.1) is 6.42 Å². The Balaban J connectivity index is 0.00000109. The molecule has 0 saturated heterocycles. The maximum absolute atomic E-state index is 12.6. The van der Waals surface area contributed by atoms with Crippen molar-refractivity contribution in [3.05, 3.63) is 83.4 Å². The van der Waals surface area contributed by atoms with E-state index in [9.17, 15) is 9.59 Å². The molecule has 0 saturated carbocycles. The predicted molar refractivity (Wildman–Crippen MR) is 147 cm³/mol. The first-order valence-corrected chi connectivity index (χ1v) is 12.5. The number of aromatic nitrogens is 1. The van der Waals surface area contributed by atoms with Crippen LogP contribution in [0, 0.1) is 12.3 Å². The molecule has 1 N–H and O–H groups in total. The number of ketones is 1. The Morgan fingerprint density at radius 3 is 2.03 bits per heavy atom. The van der Waals surface area contributed by atoms with Gasteiger partial charge < -0.3 is 9.47 Å². The number of carbonyl (C=O) groups excluding carboxylic acids is 2. The third kappa shape index (κ3) is 7.17. The lowest BCUT2D eigenvalue weighted by Crippen LogP contribution is -2.12. The number of thiazole rings is 1. The van der Waals surface area contributed by atoms with Crippen LogP contribution in [0.1, 0.15) is 54.0 Å². The van der Waals surface area contributed by atoms with Crippen LogP contribution >= 0.6 is 11.3 Å². The van der Waals surface area contributed by atoms with Crippen LogP contribution in [0.4, 0.5) is 5.13 Å². The van der Waals surface area contributed by atoms with Crippen molar-refractivity contribution in [2.45, 2.75) is 27.7 Å². The minimum absolute atomic E-state index is 0.131. The quantitative estimate of drug-likeness (QED) is 0.221. The molecule has 4 aromatic rings. The zero-order valence-electron chi connectivity index (χ0n) is 21.1. The summed E-state index contributed by atoms with van der Waals surface area (Å²) in [7, 11) is 1.57. The van der Waals surface area contributed by atoms with Gasteiger partial charge in [0.1, 0.15) is 18.1 Å².